The van der Waals surface area contributed by atoms with Gasteiger partial charge in [0.1, 0.15) is 0 Å². The predicted molar refractivity (Wildman–Crippen MR) is 344 cm³/mol. The fraction of sp³-hybridized carbons (Fsp3) is 0.0380. The van der Waals surface area contributed by atoms with Gasteiger partial charge in [-0.2, -0.15) is 0 Å². The summed E-state index contributed by atoms with van der Waals surface area (Å²) in [5, 5.41) is 0. The first-order chi connectivity index (χ1) is 42.1. The lowest BCUT2D eigenvalue weighted by Gasteiger charge is -2.31. The molecule has 0 saturated heterocycles. The van der Waals surface area contributed by atoms with Crippen LogP contribution in [0.25, 0.3) is 124 Å². The summed E-state index contributed by atoms with van der Waals surface area (Å²) >= 11 is 0. The summed E-state index contributed by atoms with van der Waals surface area (Å²) in [5.74, 6) is 3.96. The van der Waals surface area contributed by atoms with Gasteiger partial charge in [0.15, 0.2) is 34.9 Å². The van der Waals surface area contributed by atoms with Crippen LogP contribution in [0.3, 0.4) is 0 Å². The third kappa shape index (κ3) is 8.73. The van der Waals surface area contributed by atoms with Crippen molar-refractivity contribution >= 4 is 0 Å². The monoisotopic (exact) mass is 1080 g/mol. The topological polar surface area (TPSA) is 77.3 Å². The Morgan fingerprint density at radius 1 is 0.247 bits per heavy atom. The van der Waals surface area contributed by atoms with E-state index < -0.39 is 5.41 Å². The lowest BCUT2D eigenvalue weighted by molar-refractivity contribution is 0.794. The van der Waals surface area contributed by atoms with E-state index in [4.69, 9.17) is 29.9 Å². The Bertz CT molecular complexity index is 4630. The molecule has 16 rings (SSSR count). The van der Waals surface area contributed by atoms with Crippen LogP contribution < -0.4 is 0 Å². The Balaban J connectivity index is 0.853. The van der Waals surface area contributed by atoms with Crippen molar-refractivity contribution in [2.75, 3.05) is 0 Å². The molecule has 13 aromatic rings. The molecule has 0 radical (unpaired) electrons. The van der Waals surface area contributed by atoms with Crippen LogP contribution in [0.2, 0.25) is 0 Å². The first kappa shape index (κ1) is 49.7. The van der Waals surface area contributed by atoms with Crippen molar-refractivity contribution in [1.82, 2.24) is 29.9 Å². The predicted octanol–water partition coefficient (Wildman–Crippen LogP) is 19.0. The normalized spacial score (nSPS) is 15.1. The number of fused-ring (bicyclic) bond motifs is 10. The minimum absolute atomic E-state index is 0.329. The van der Waals surface area contributed by atoms with Crippen molar-refractivity contribution in [2.24, 2.45) is 0 Å². The maximum atomic E-state index is 5.38. The van der Waals surface area contributed by atoms with Gasteiger partial charge in [-0.1, -0.05) is 285 Å². The van der Waals surface area contributed by atoms with E-state index in [0.29, 0.717) is 40.9 Å². The minimum atomic E-state index is -0.715. The van der Waals surface area contributed by atoms with Crippen LogP contribution in [0, 0.1) is 0 Å². The van der Waals surface area contributed by atoms with E-state index in [2.05, 4.69) is 279 Å². The quantitative estimate of drug-likeness (QED) is 0.136. The third-order valence-electron chi connectivity index (χ3n) is 17.2. The number of benzene rings is 11. The molecule has 0 aliphatic heterocycles. The maximum absolute atomic E-state index is 5.38. The van der Waals surface area contributed by atoms with Crippen molar-refractivity contribution in [3.8, 4) is 124 Å². The molecule has 0 bridgehead atoms. The highest BCUT2D eigenvalue weighted by Crippen LogP contribution is 2.63. The van der Waals surface area contributed by atoms with E-state index >= 15 is 0 Å². The van der Waals surface area contributed by atoms with E-state index in [1.807, 2.05) is 18.2 Å². The molecule has 2 heterocycles. The van der Waals surface area contributed by atoms with Crippen LogP contribution >= 0.6 is 0 Å². The van der Waals surface area contributed by atoms with Gasteiger partial charge in [-0.25, -0.2) is 29.9 Å². The Labute approximate surface area is 494 Å². The van der Waals surface area contributed by atoms with Crippen molar-refractivity contribution in [3.63, 3.8) is 0 Å². The van der Waals surface area contributed by atoms with Gasteiger partial charge in [0.05, 0.1) is 5.41 Å². The summed E-state index contributed by atoms with van der Waals surface area (Å²) in [6, 6.07) is 97.1. The highest BCUT2D eigenvalue weighted by Gasteiger charge is 2.52. The number of aromatic nitrogens is 6. The van der Waals surface area contributed by atoms with Crippen LogP contribution in [-0.2, 0) is 5.41 Å². The van der Waals surface area contributed by atoms with Gasteiger partial charge in [-0.15, -0.1) is 0 Å². The van der Waals surface area contributed by atoms with E-state index in [1.165, 1.54) is 44.5 Å². The van der Waals surface area contributed by atoms with Gasteiger partial charge in [0.2, 0.25) is 0 Å². The number of hydrogen-bond donors (Lipinski definition) is 0. The second-order valence-electron chi connectivity index (χ2n) is 22.1. The second kappa shape index (κ2) is 20.7. The highest BCUT2D eigenvalue weighted by atomic mass is 15.0. The van der Waals surface area contributed by atoms with Crippen LogP contribution in [0.4, 0.5) is 0 Å². The molecule has 3 aliphatic carbocycles. The first-order valence-electron chi connectivity index (χ1n) is 29.0. The molecule has 0 saturated carbocycles. The summed E-state index contributed by atoms with van der Waals surface area (Å²) in [4.78, 5) is 31.9. The zero-order valence-corrected chi connectivity index (χ0v) is 46.3. The Kier molecular flexibility index (Phi) is 12.1. The molecule has 3 aliphatic rings. The Morgan fingerprint density at radius 3 is 0.906 bits per heavy atom. The number of hydrogen-bond acceptors (Lipinski definition) is 6. The molecule has 2 aromatic heterocycles. The number of allylic oxidation sites excluding steroid dienone is 4. The summed E-state index contributed by atoms with van der Waals surface area (Å²) in [6.07, 6.45) is 9.73. The molecule has 0 N–H and O–H groups in total. The van der Waals surface area contributed by atoms with Gasteiger partial charge >= 0.3 is 0 Å². The zero-order valence-electron chi connectivity index (χ0n) is 46.3. The summed E-state index contributed by atoms with van der Waals surface area (Å²) in [7, 11) is 0. The third-order valence-corrected chi connectivity index (χ3v) is 17.2. The number of rotatable bonds is 10. The van der Waals surface area contributed by atoms with Gasteiger partial charge in [-0.3, -0.25) is 0 Å². The summed E-state index contributed by atoms with van der Waals surface area (Å²) in [6.45, 7) is 0. The van der Waals surface area contributed by atoms with E-state index in [0.717, 1.165) is 78.7 Å². The number of nitrogens with zero attached hydrogens (tertiary/aromatic N) is 6. The summed E-state index contributed by atoms with van der Waals surface area (Å²) in [5.41, 5.74) is 22.3. The van der Waals surface area contributed by atoms with Crippen LogP contribution in [-0.4, -0.2) is 29.9 Å². The smallest absolute Gasteiger partial charge is 0.164 e. The molecule has 398 valence electrons. The lowest BCUT2D eigenvalue weighted by Crippen LogP contribution is -2.26. The van der Waals surface area contributed by atoms with E-state index in [1.54, 1.807) is 0 Å². The average molecular weight is 1090 g/mol. The van der Waals surface area contributed by atoms with Crippen molar-refractivity contribution < 1.29 is 0 Å². The summed E-state index contributed by atoms with van der Waals surface area (Å²) < 4.78 is 0. The van der Waals surface area contributed by atoms with Crippen LogP contribution in [0.1, 0.15) is 40.2 Å². The molecule has 0 amide bonds. The van der Waals surface area contributed by atoms with E-state index in [9.17, 15) is 0 Å². The molecule has 0 fully saturated rings. The molecule has 1 spiro atoms. The molecule has 2 atom stereocenters. The molecule has 6 nitrogen and oxygen atoms in total. The Hall–Kier alpha value is -11.1. The minimum Gasteiger partial charge on any atom is -0.208 e. The van der Waals surface area contributed by atoms with Crippen LogP contribution in [0.15, 0.2) is 297 Å². The maximum Gasteiger partial charge on any atom is 0.164 e. The molecule has 2 unspecified atom stereocenters. The van der Waals surface area contributed by atoms with Crippen molar-refractivity contribution in [2.45, 2.75) is 17.8 Å². The zero-order chi connectivity index (χ0) is 56.3. The van der Waals surface area contributed by atoms with Gasteiger partial charge in [0, 0.05) is 39.3 Å². The second-order valence-corrected chi connectivity index (χ2v) is 22.1. The van der Waals surface area contributed by atoms with Crippen molar-refractivity contribution in [1.29, 1.82) is 0 Å². The van der Waals surface area contributed by atoms with E-state index in [-0.39, 0.29) is 0 Å². The SMILES string of the molecule is C1=CCC(c2ccc(-c3nc(-c4ccc(-c5ccccc5)cc4)nc(-c4ccc5c(c4)C4(c6ccccc6-c6ccc(-c7nc(-c8ccc(-c9ccccc9)cc8)nc(-c8ccc(-c9ccccc9)cc8)n7)cc64)c4ccccc4-5)n3)cc2)C=C1. The molecule has 6 heteroatoms. The highest BCUT2D eigenvalue weighted by molar-refractivity contribution is 5.97. The van der Waals surface area contributed by atoms with Crippen molar-refractivity contribution in [3.05, 3.63) is 325 Å². The molecular formula is C79H52N6. The molecular weight excluding hydrogens is 1030 g/mol. The fourth-order valence-electron chi connectivity index (χ4n) is 13.0. The standard InChI is InChI=1S/C79H52N6/c1-5-17-51(18-6-1)55-29-37-59(38-30-55)73-80-74(60-39-31-56(32-40-60)52-19-7-2-8-20-52)83-77(82-73)63-45-47-67-65-25-13-15-27-69(65)79(71(67)49-63)70-28-16-14-26-66(70)68-48-46-64(50-72(68)79)78-84-75(61-41-33-57(34-42-61)53-21-9-3-10-22-53)81-76(85-78)62-43-35-58(36-44-62)54-23-11-4-12-24-54/h1-23,25-50,54H,24H2. The Morgan fingerprint density at radius 2 is 0.541 bits per heavy atom. The average Bonchev–Trinajstić information content (AvgIpc) is 1.58. The largest absolute Gasteiger partial charge is 0.208 e. The fourth-order valence-corrected chi connectivity index (χ4v) is 13.0. The first-order valence-corrected chi connectivity index (χ1v) is 29.0. The van der Waals surface area contributed by atoms with Gasteiger partial charge in [0.25, 0.3) is 0 Å². The van der Waals surface area contributed by atoms with Gasteiger partial charge in [-0.05, 0) is 102 Å². The van der Waals surface area contributed by atoms with Crippen LogP contribution in [0.5, 0.6) is 0 Å². The van der Waals surface area contributed by atoms with Gasteiger partial charge < -0.3 is 0 Å². The lowest BCUT2D eigenvalue weighted by atomic mass is 9.70. The molecule has 85 heavy (non-hydrogen) atoms. The molecule has 11 aromatic carbocycles.